The molecule has 0 unspecified atom stereocenters. The number of nitrogens with zero attached hydrogens (tertiary/aromatic N) is 3. The van der Waals surface area contributed by atoms with Gasteiger partial charge in [-0.1, -0.05) is 0 Å². The Morgan fingerprint density at radius 2 is 2.19 bits per heavy atom. The summed E-state index contributed by atoms with van der Waals surface area (Å²) in [5, 5.41) is 0.870. The highest BCUT2D eigenvalue weighted by atomic mass is 32.1. The number of anilines is 2. The number of aromatic nitrogens is 2. The number of carbonyl (C=O) groups is 1. The fourth-order valence-electron chi connectivity index (χ4n) is 1.97. The third kappa shape index (κ3) is 2.60. The summed E-state index contributed by atoms with van der Waals surface area (Å²) in [6.07, 6.45) is 2.44. The third-order valence-corrected chi connectivity index (χ3v) is 3.60. The van der Waals surface area contributed by atoms with Gasteiger partial charge >= 0.3 is 0 Å². The predicted octanol–water partition coefficient (Wildman–Crippen LogP) is 0.212. The lowest BCUT2D eigenvalue weighted by Gasteiger charge is -2.30. The standard InChI is InChI=1S/C9H15N5OS/c10-7(15)5-6-1-3-14(4-2-6)9-12-8(11)13-16-9/h6H,1-5H2,(H2,10,15)(H2,11,13). The van der Waals surface area contributed by atoms with Gasteiger partial charge in [-0.3, -0.25) is 4.79 Å². The maximum atomic E-state index is 10.8. The molecule has 7 heteroatoms. The second-order valence-electron chi connectivity index (χ2n) is 4.04. The molecule has 4 N–H and O–H groups in total. The molecule has 0 bridgehead atoms. The third-order valence-electron chi connectivity index (χ3n) is 2.81. The summed E-state index contributed by atoms with van der Waals surface area (Å²) in [6, 6.07) is 0. The minimum atomic E-state index is -0.210. The molecule has 0 atom stereocenters. The van der Waals surface area contributed by atoms with Gasteiger partial charge in [0.2, 0.25) is 17.0 Å². The topological polar surface area (TPSA) is 98.1 Å². The Hall–Kier alpha value is -1.37. The van der Waals surface area contributed by atoms with Crippen molar-refractivity contribution in [1.29, 1.82) is 0 Å². The van der Waals surface area contributed by atoms with Crippen LogP contribution in [0.25, 0.3) is 0 Å². The molecule has 16 heavy (non-hydrogen) atoms. The van der Waals surface area contributed by atoms with Gasteiger partial charge in [-0.15, -0.1) is 0 Å². The SMILES string of the molecule is NC(=O)CC1CCN(c2nc(N)ns2)CC1. The number of primary amides is 1. The summed E-state index contributed by atoms with van der Waals surface area (Å²) in [7, 11) is 0. The number of nitrogen functional groups attached to an aromatic ring is 1. The summed E-state index contributed by atoms with van der Waals surface area (Å²) in [5.41, 5.74) is 10.7. The lowest BCUT2D eigenvalue weighted by Crippen LogP contribution is -2.35. The Balaban J connectivity index is 1.87. The quantitative estimate of drug-likeness (QED) is 0.788. The smallest absolute Gasteiger partial charge is 0.233 e. The van der Waals surface area contributed by atoms with Crippen LogP contribution in [0, 0.1) is 5.92 Å². The first-order valence-corrected chi connectivity index (χ1v) is 6.05. The van der Waals surface area contributed by atoms with E-state index in [-0.39, 0.29) is 5.91 Å². The Bertz CT molecular complexity index is 372. The molecule has 1 saturated heterocycles. The van der Waals surface area contributed by atoms with Crippen LogP contribution in [0.1, 0.15) is 19.3 Å². The molecule has 2 heterocycles. The Morgan fingerprint density at radius 1 is 1.50 bits per heavy atom. The highest BCUT2D eigenvalue weighted by molar-refractivity contribution is 7.09. The Morgan fingerprint density at radius 3 is 2.69 bits per heavy atom. The summed E-state index contributed by atoms with van der Waals surface area (Å²) in [5.74, 6) is 0.539. The fraction of sp³-hybridized carbons (Fsp3) is 0.667. The minimum Gasteiger partial charge on any atom is -0.370 e. The zero-order chi connectivity index (χ0) is 11.5. The molecule has 1 aliphatic rings. The lowest BCUT2D eigenvalue weighted by atomic mass is 9.94. The molecular formula is C9H15N5OS. The number of carbonyl (C=O) groups excluding carboxylic acids is 1. The number of rotatable bonds is 3. The van der Waals surface area contributed by atoms with Crippen LogP contribution in [0.5, 0.6) is 0 Å². The van der Waals surface area contributed by atoms with Crippen LogP contribution >= 0.6 is 11.5 Å². The van der Waals surface area contributed by atoms with Gasteiger partial charge in [-0.2, -0.15) is 9.36 Å². The van der Waals surface area contributed by atoms with E-state index in [1.54, 1.807) is 0 Å². The van der Waals surface area contributed by atoms with Crippen LogP contribution in [0.4, 0.5) is 11.1 Å². The van der Waals surface area contributed by atoms with E-state index >= 15 is 0 Å². The van der Waals surface area contributed by atoms with E-state index in [1.807, 2.05) is 0 Å². The lowest BCUT2D eigenvalue weighted by molar-refractivity contribution is -0.119. The summed E-state index contributed by atoms with van der Waals surface area (Å²) < 4.78 is 3.95. The fourth-order valence-corrected chi connectivity index (χ4v) is 2.62. The van der Waals surface area contributed by atoms with Crippen molar-refractivity contribution in [2.75, 3.05) is 23.7 Å². The molecule has 0 saturated carbocycles. The van der Waals surface area contributed by atoms with E-state index in [4.69, 9.17) is 11.5 Å². The maximum absolute atomic E-state index is 10.8. The van der Waals surface area contributed by atoms with Crippen LogP contribution in [0.15, 0.2) is 0 Å². The van der Waals surface area contributed by atoms with Gasteiger partial charge in [0.1, 0.15) is 0 Å². The first kappa shape index (κ1) is 11.1. The van der Waals surface area contributed by atoms with Gasteiger partial charge in [0.25, 0.3) is 0 Å². The highest BCUT2D eigenvalue weighted by Gasteiger charge is 2.22. The number of nitrogens with two attached hydrogens (primary N) is 2. The van der Waals surface area contributed by atoms with Crippen molar-refractivity contribution in [3.8, 4) is 0 Å². The van der Waals surface area contributed by atoms with E-state index in [1.165, 1.54) is 11.5 Å². The molecule has 1 fully saturated rings. The van der Waals surface area contributed by atoms with Gasteiger partial charge in [0, 0.05) is 31.0 Å². The average Bonchev–Trinajstić information content (AvgIpc) is 2.65. The molecule has 1 aromatic heterocycles. The predicted molar refractivity (Wildman–Crippen MR) is 63.1 cm³/mol. The summed E-state index contributed by atoms with van der Waals surface area (Å²) in [4.78, 5) is 17.1. The molecule has 0 aliphatic carbocycles. The van der Waals surface area contributed by atoms with E-state index < -0.39 is 0 Å². The van der Waals surface area contributed by atoms with E-state index in [0.29, 0.717) is 18.3 Å². The second kappa shape index (κ2) is 4.65. The van der Waals surface area contributed by atoms with Crippen molar-refractivity contribution in [3.05, 3.63) is 0 Å². The van der Waals surface area contributed by atoms with E-state index in [0.717, 1.165) is 31.1 Å². The van der Waals surface area contributed by atoms with Crippen molar-refractivity contribution in [3.63, 3.8) is 0 Å². The molecule has 6 nitrogen and oxygen atoms in total. The van der Waals surface area contributed by atoms with Crippen molar-refractivity contribution < 1.29 is 4.79 Å². The normalized spacial score (nSPS) is 17.6. The van der Waals surface area contributed by atoms with Crippen LogP contribution in [-0.4, -0.2) is 28.4 Å². The van der Waals surface area contributed by atoms with Crippen LogP contribution in [0.3, 0.4) is 0 Å². The van der Waals surface area contributed by atoms with Crippen molar-refractivity contribution in [2.45, 2.75) is 19.3 Å². The van der Waals surface area contributed by atoms with Crippen LogP contribution < -0.4 is 16.4 Å². The summed E-state index contributed by atoms with van der Waals surface area (Å²) >= 11 is 1.32. The monoisotopic (exact) mass is 241 g/mol. The van der Waals surface area contributed by atoms with Crippen molar-refractivity contribution >= 4 is 28.5 Å². The zero-order valence-electron chi connectivity index (χ0n) is 8.93. The largest absolute Gasteiger partial charge is 0.370 e. The number of hydrogen-bond donors (Lipinski definition) is 2. The minimum absolute atomic E-state index is 0.210. The van der Waals surface area contributed by atoms with Crippen molar-refractivity contribution in [1.82, 2.24) is 9.36 Å². The summed E-state index contributed by atoms with van der Waals surface area (Å²) in [6.45, 7) is 1.79. The first-order chi connectivity index (χ1) is 7.65. The molecule has 0 spiro atoms. The molecular weight excluding hydrogens is 226 g/mol. The van der Waals surface area contributed by atoms with Crippen molar-refractivity contribution in [2.24, 2.45) is 11.7 Å². The number of amides is 1. The second-order valence-corrected chi connectivity index (χ2v) is 4.77. The molecule has 1 aliphatic heterocycles. The number of piperidine rings is 1. The van der Waals surface area contributed by atoms with Crippen LogP contribution in [-0.2, 0) is 4.79 Å². The van der Waals surface area contributed by atoms with Gasteiger partial charge in [-0.05, 0) is 18.8 Å². The van der Waals surface area contributed by atoms with Gasteiger partial charge in [0.15, 0.2) is 0 Å². The highest BCUT2D eigenvalue weighted by Crippen LogP contribution is 2.26. The maximum Gasteiger partial charge on any atom is 0.233 e. The Labute approximate surface area is 97.8 Å². The average molecular weight is 241 g/mol. The van der Waals surface area contributed by atoms with Gasteiger partial charge in [0.05, 0.1) is 0 Å². The van der Waals surface area contributed by atoms with Gasteiger partial charge < -0.3 is 16.4 Å². The molecule has 1 aromatic rings. The molecule has 2 rings (SSSR count). The zero-order valence-corrected chi connectivity index (χ0v) is 9.74. The number of hydrogen-bond acceptors (Lipinski definition) is 6. The molecule has 1 amide bonds. The van der Waals surface area contributed by atoms with E-state index in [2.05, 4.69) is 14.3 Å². The molecule has 88 valence electrons. The molecule has 0 radical (unpaired) electrons. The van der Waals surface area contributed by atoms with E-state index in [9.17, 15) is 4.79 Å². The van der Waals surface area contributed by atoms with Crippen LogP contribution in [0.2, 0.25) is 0 Å². The van der Waals surface area contributed by atoms with Gasteiger partial charge in [-0.25, -0.2) is 0 Å². The Kier molecular flexibility index (Phi) is 3.23. The first-order valence-electron chi connectivity index (χ1n) is 5.27. The molecule has 0 aromatic carbocycles.